The number of carbonyl (C=O) groups excluding carboxylic acids is 5. The van der Waals surface area contributed by atoms with Gasteiger partial charge in [0.2, 0.25) is 11.8 Å². The number of carbonyl (C=O) groups is 5. The van der Waals surface area contributed by atoms with Gasteiger partial charge in [-0.3, -0.25) is 14.4 Å². The molecule has 3 heterocycles. The van der Waals surface area contributed by atoms with Crippen LogP contribution in [0.15, 0.2) is 127 Å². The molecule has 5 amide bonds. The van der Waals surface area contributed by atoms with Crippen molar-refractivity contribution in [2.75, 3.05) is 30.8 Å². The Hall–Kier alpha value is -7.41. The second-order valence-electron chi connectivity index (χ2n) is 17.9. The molecule has 8 rings (SSSR count). The largest absolute Gasteiger partial charge is 0.497 e. The highest BCUT2D eigenvalue weighted by Gasteiger charge is 2.40. The summed E-state index contributed by atoms with van der Waals surface area (Å²) >= 11 is 0. The van der Waals surface area contributed by atoms with Crippen LogP contribution in [0, 0.1) is 0 Å². The number of ether oxygens (including phenoxy) is 2. The van der Waals surface area contributed by atoms with Gasteiger partial charge in [0.05, 0.1) is 24.8 Å². The molecule has 66 heavy (non-hydrogen) atoms. The Morgan fingerprint density at radius 2 is 1.30 bits per heavy atom. The van der Waals surface area contributed by atoms with Crippen molar-refractivity contribution in [3.8, 4) is 28.1 Å². The van der Waals surface area contributed by atoms with Crippen molar-refractivity contribution in [2.24, 2.45) is 0 Å². The molecule has 0 radical (unpaired) electrons. The van der Waals surface area contributed by atoms with Crippen molar-refractivity contribution >= 4 is 52.0 Å². The molecule has 0 aliphatic carbocycles. The lowest BCUT2D eigenvalue weighted by Crippen LogP contribution is -2.48. The van der Waals surface area contributed by atoms with Gasteiger partial charge in [-0.1, -0.05) is 84.9 Å². The highest BCUT2D eigenvalue weighted by molar-refractivity contribution is 6.07. The quantitative estimate of drug-likeness (QED) is 0.0951. The van der Waals surface area contributed by atoms with Crippen molar-refractivity contribution in [1.82, 2.24) is 20.1 Å². The first kappa shape index (κ1) is 45.2. The fraction of sp³-hybridized carbons (Fsp3) is 0.302. The summed E-state index contributed by atoms with van der Waals surface area (Å²) in [4.78, 5) is 75.4. The second-order valence-corrected chi connectivity index (χ2v) is 17.9. The average Bonchev–Trinajstić information content (AvgIpc) is 4.10. The number of H-pyrrole nitrogens is 1. The van der Waals surface area contributed by atoms with E-state index in [1.54, 1.807) is 61.9 Å². The predicted octanol–water partition coefficient (Wildman–Crippen LogP) is 10.1. The number of benzene rings is 5. The average molecular weight is 889 g/mol. The number of fused-ring (bicyclic) bond motifs is 1. The van der Waals surface area contributed by atoms with Crippen LogP contribution in [0.4, 0.5) is 21.0 Å². The van der Waals surface area contributed by atoms with Crippen LogP contribution in [-0.2, 0) is 19.1 Å². The number of aromatic amines is 1. The summed E-state index contributed by atoms with van der Waals surface area (Å²) < 4.78 is 11.0. The molecule has 2 fully saturated rings. The molecule has 4 N–H and O–H groups in total. The number of ketones is 1. The third kappa shape index (κ3) is 9.95. The predicted molar refractivity (Wildman–Crippen MR) is 256 cm³/mol. The Labute approximate surface area is 384 Å². The van der Waals surface area contributed by atoms with E-state index in [-0.39, 0.29) is 23.5 Å². The van der Waals surface area contributed by atoms with Gasteiger partial charge in [-0.25, -0.2) is 9.59 Å². The van der Waals surface area contributed by atoms with E-state index in [4.69, 9.17) is 9.47 Å². The summed E-state index contributed by atoms with van der Waals surface area (Å²) in [5.41, 5.74) is 6.21. The minimum Gasteiger partial charge on any atom is -0.497 e. The number of rotatable bonds is 12. The molecule has 2 aliphatic rings. The summed E-state index contributed by atoms with van der Waals surface area (Å²) in [7, 11) is 1.62. The first-order valence-corrected chi connectivity index (χ1v) is 22.5. The summed E-state index contributed by atoms with van der Waals surface area (Å²) in [5.74, 6) is -0.229. The molecule has 13 heteroatoms. The maximum absolute atomic E-state index is 14.3. The maximum Gasteiger partial charge on any atom is 0.408 e. The van der Waals surface area contributed by atoms with E-state index in [0.717, 1.165) is 45.3 Å². The monoisotopic (exact) mass is 888 g/mol. The van der Waals surface area contributed by atoms with E-state index < -0.39 is 35.9 Å². The van der Waals surface area contributed by atoms with E-state index in [9.17, 15) is 24.0 Å². The smallest absolute Gasteiger partial charge is 0.408 e. The number of anilines is 2. The first-order valence-electron chi connectivity index (χ1n) is 22.5. The minimum absolute atomic E-state index is 0.0567. The normalized spacial score (nSPS) is 16.9. The fourth-order valence-electron chi connectivity index (χ4n) is 9.01. The molecule has 4 atom stereocenters. The summed E-state index contributed by atoms with van der Waals surface area (Å²) in [6, 6.07) is 36.8. The summed E-state index contributed by atoms with van der Waals surface area (Å²) in [6.45, 7) is 8.05. The number of nitrogens with one attached hydrogen (secondary N) is 4. The SMILES string of the molecule is COc1ccc(-c2c(-c3ccc(NC(=O)C4CCCN4C(=O)C(C)c4ccccc4)cc3)[nH]c3ccc(NC(=O)N4CCCC4C(=O)C(NC(=O)OC(C)(C)C)c4ccccc4)cc23)cc1. The number of urea groups is 1. The van der Waals surface area contributed by atoms with E-state index in [1.165, 1.54) is 0 Å². The lowest BCUT2D eigenvalue weighted by Gasteiger charge is -2.29. The lowest BCUT2D eigenvalue weighted by molar-refractivity contribution is -0.137. The zero-order chi connectivity index (χ0) is 46.5. The molecule has 0 bridgehead atoms. The number of hydrogen-bond donors (Lipinski definition) is 4. The molecule has 6 aromatic rings. The van der Waals surface area contributed by atoms with Crippen LogP contribution >= 0.6 is 0 Å². The second kappa shape index (κ2) is 19.4. The topological polar surface area (TPSA) is 162 Å². The van der Waals surface area contributed by atoms with Gasteiger partial charge in [0.25, 0.3) is 0 Å². The lowest BCUT2D eigenvalue weighted by atomic mass is 9.96. The third-order valence-corrected chi connectivity index (χ3v) is 12.3. The maximum atomic E-state index is 14.3. The Morgan fingerprint density at radius 1 is 0.697 bits per heavy atom. The van der Waals surface area contributed by atoms with Crippen LogP contribution in [0.5, 0.6) is 5.75 Å². The molecular formula is C53H56N6O7. The minimum atomic E-state index is -1.02. The van der Waals surface area contributed by atoms with Gasteiger partial charge < -0.3 is 40.2 Å². The van der Waals surface area contributed by atoms with Crippen LogP contribution in [0.2, 0.25) is 0 Å². The Kier molecular flexibility index (Phi) is 13.3. The van der Waals surface area contributed by atoms with Gasteiger partial charge in [0, 0.05) is 40.9 Å². The number of hydrogen-bond acceptors (Lipinski definition) is 7. The van der Waals surface area contributed by atoms with Crippen LogP contribution in [-0.4, -0.2) is 82.4 Å². The Balaban J connectivity index is 1.02. The van der Waals surface area contributed by atoms with Gasteiger partial charge in [-0.15, -0.1) is 0 Å². The standard InChI is InChI=1S/C53H56N6O7/c1-33(34-14-8-6-9-15-34)50(62)58-30-13-19-44(58)49(61)54-38-24-20-37(21-25-38)46-45(35-22-27-40(65-5)28-23-35)41-32-39(26-29-42(41)56-46)55-51(63)59-31-12-18-43(59)48(60)47(36-16-10-7-11-17-36)57-52(64)66-53(2,3)4/h6-11,14-17,20-29,32-33,43-44,47,56H,12-13,18-19,30-31H2,1-5H3,(H,54,61)(H,55,63)(H,57,64). The van der Waals surface area contributed by atoms with Crippen molar-refractivity contribution in [3.05, 3.63) is 139 Å². The van der Waals surface area contributed by atoms with Crippen LogP contribution in [0.3, 0.4) is 0 Å². The molecule has 0 saturated carbocycles. The number of Topliss-reactive ketones (excluding diaryl/α,β-unsaturated/α-hetero) is 1. The zero-order valence-electron chi connectivity index (χ0n) is 37.9. The number of alkyl carbamates (subject to hydrolysis) is 1. The summed E-state index contributed by atoms with van der Waals surface area (Å²) in [6.07, 6.45) is 1.70. The molecule has 5 aromatic carbocycles. The van der Waals surface area contributed by atoms with E-state index in [2.05, 4.69) is 20.9 Å². The van der Waals surface area contributed by atoms with Gasteiger partial charge in [0.1, 0.15) is 23.4 Å². The van der Waals surface area contributed by atoms with Crippen LogP contribution < -0.4 is 20.7 Å². The molecule has 4 unspecified atom stereocenters. The fourth-order valence-corrected chi connectivity index (χ4v) is 9.01. The molecule has 1 aromatic heterocycles. The summed E-state index contributed by atoms with van der Waals surface area (Å²) in [5, 5.41) is 9.72. The van der Waals surface area contributed by atoms with E-state index >= 15 is 0 Å². The molecule has 340 valence electrons. The number of nitrogens with zero attached hydrogens (tertiary/aromatic N) is 2. The van der Waals surface area contributed by atoms with Gasteiger partial charge in [-0.2, -0.15) is 0 Å². The first-order chi connectivity index (χ1) is 31.8. The Bertz CT molecular complexity index is 2710. The van der Waals surface area contributed by atoms with Gasteiger partial charge in [-0.05, 0) is 118 Å². The highest BCUT2D eigenvalue weighted by atomic mass is 16.6. The number of likely N-dealkylation sites (tertiary alicyclic amines) is 2. The number of aromatic nitrogens is 1. The van der Waals surface area contributed by atoms with E-state index in [1.807, 2.05) is 110 Å². The highest BCUT2D eigenvalue weighted by Crippen LogP contribution is 2.40. The molecule has 2 saturated heterocycles. The van der Waals surface area contributed by atoms with Crippen molar-refractivity contribution < 1.29 is 33.4 Å². The van der Waals surface area contributed by atoms with E-state index in [0.29, 0.717) is 55.0 Å². The Morgan fingerprint density at radius 3 is 1.95 bits per heavy atom. The van der Waals surface area contributed by atoms with Crippen molar-refractivity contribution in [2.45, 2.75) is 83.0 Å². The van der Waals surface area contributed by atoms with Gasteiger partial charge in [0.15, 0.2) is 5.78 Å². The number of amides is 5. The van der Waals surface area contributed by atoms with Crippen LogP contribution in [0.25, 0.3) is 33.3 Å². The number of methoxy groups -OCH3 is 1. The van der Waals surface area contributed by atoms with Crippen molar-refractivity contribution in [1.29, 1.82) is 0 Å². The van der Waals surface area contributed by atoms with Crippen LogP contribution in [0.1, 0.15) is 76.5 Å². The zero-order valence-corrected chi connectivity index (χ0v) is 37.9. The molecular weight excluding hydrogens is 833 g/mol. The van der Waals surface area contributed by atoms with Gasteiger partial charge >= 0.3 is 12.1 Å². The molecule has 13 nitrogen and oxygen atoms in total. The molecule has 0 spiro atoms. The molecule has 2 aliphatic heterocycles. The third-order valence-electron chi connectivity index (χ3n) is 12.3. The van der Waals surface area contributed by atoms with Crippen molar-refractivity contribution in [3.63, 3.8) is 0 Å².